The molecular formula is C24H29FN2O2. The molecule has 0 saturated heterocycles. The molecule has 0 atom stereocenters. The van der Waals surface area contributed by atoms with E-state index in [1.807, 2.05) is 37.1 Å². The van der Waals surface area contributed by atoms with Crippen molar-refractivity contribution < 1.29 is 13.9 Å². The molecule has 3 rings (SSSR count). The van der Waals surface area contributed by atoms with Gasteiger partial charge in [0.25, 0.3) is 0 Å². The van der Waals surface area contributed by atoms with Crippen molar-refractivity contribution >= 4 is 17.3 Å². The van der Waals surface area contributed by atoms with Crippen molar-refractivity contribution in [2.24, 2.45) is 10.9 Å². The molecule has 4 nitrogen and oxygen atoms in total. The van der Waals surface area contributed by atoms with Crippen molar-refractivity contribution in [3.8, 4) is 0 Å². The van der Waals surface area contributed by atoms with Gasteiger partial charge in [-0.1, -0.05) is 30.7 Å². The van der Waals surface area contributed by atoms with Crippen LogP contribution in [-0.4, -0.2) is 30.2 Å². The van der Waals surface area contributed by atoms with Gasteiger partial charge in [0.15, 0.2) is 5.71 Å². The van der Waals surface area contributed by atoms with E-state index < -0.39 is 5.97 Å². The number of hydrogen-bond acceptors (Lipinski definition) is 4. The minimum absolute atomic E-state index is 0.224. The Hall–Kier alpha value is -2.69. The number of carbonyl (C=O) groups excluding carboxylic acids is 1. The highest BCUT2D eigenvalue weighted by molar-refractivity contribution is 6.41. The van der Waals surface area contributed by atoms with Gasteiger partial charge in [0.2, 0.25) is 0 Å². The molecular weight excluding hydrogens is 367 g/mol. The van der Waals surface area contributed by atoms with E-state index in [2.05, 4.69) is 11.9 Å². The number of halogens is 1. The average Bonchev–Trinajstić information content (AvgIpc) is 3.54. The number of hydrogen-bond donors (Lipinski definition) is 0. The zero-order valence-electron chi connectivity index (χ0n) is 17.9. The van der Waals surface area contributed by atoms with Crippen LogP contribution in [0.2, 0.25) is 0 Å². The molecule has 1 fully saturated rings. The van der Waals surface area contributed by atoms with E-state index in [1.54, 1.807) is 26.0 Å². The lowest BCUT2D eigenvalue weighted by atomic mass is 9.96. The second kappa shape index (κ2) is 8.76. The maximum atomic E-state index is 14.9. The number of aryl methyl sites for hydroxylation is 1. The van der Waals surface area contributed by atoms with Gasteiger partial charge in [-0.05, 0) is 69.2 Å². The van der Waals surface area contributed by atoms with Gasteiger partial charge in [0.1, 0.15) is 11.6 Å². The Morgan fingerprint density at radius 1 is 1.34 bits per heavy atom. The Morgan fingerprint density at radius 3 is 2.69 bits per heavy atom. The van der Waals surface area contributed by atoms with E-state index >= 15 is 0 Å². The predicted molar refractivity (Wildman–Crippen MR) is 115 cm³/mol. The van der Waals surface area contributed by atoms with Crippen molar-refractivity contribution in [2.75, 3.05) is 13.7 Å². The Bertz CT molecular complexity index is 936. The monoisotopic (exact) mass is 396 g/mol. The Morgan fingerprint density at radius 2 is 2.07 bits per heavy atom. The van der Waals surface area contributed by atoms with Gasteiger partial charge in [0.05, 0.1) is 6.61 Å². The SMILES string of the molecule is CCOC(=O)C1=N/C(=C/C(=C(/C)CC)c2cccc(C)c2F)N(C)C(C2CC2)=C1. The molecule has 29 heavy (non-hydrogen) atoms. The summed E-state index contributed by atoms with van der Waals surface area (Å²) in [5.41, 5.74) is 4.39. The third-order valence-electron chi connectivity index (χ3n) is 5.48. The maximum Gasteiger partial charge on any atom is 0.357 e. The Labute approximate surface area is 172 Å². The van der Waals surface area contributed by atoms with Crippen LogP contribution in [0.25, 0.3) is 5.57 Å². The maximum absolute atomic E-state index is 14.9. The number of benzene rings is 1. The number of nitrogens with zero attached hydrogens (tertiary/aromatic N) is 2. The van der Waals surface area contributed by atoms with Crippen LogP contribution >= 0.6 is 0 Å². The second-order valence-corrected chi connectivity index (χ2v) is 7.61. The molecule has 1 aromatic carbocycles. The predicted octanol–water partition coefficient (Wildman–Crippen LogP) is 5.40. The van der Waals surface area contributed by atoms with Gasteiger partial charge in [0, 0.05) is 18.3 Å². The third kappa shape index (κ3) is 4.50. The molecule has 1 aliphatic carbocycles. The summed E-state index contributed by atoms with van der Waals surface area (Å²) < 4.78 is 20.1. The van der Waals surface area contributed by atoms with Gasteiger partial charge in [-0.3, -0.25) is 0 Å². The first kappa shape index (κ1) is 21.0. The van der Waals surface area contributed by atoms with E-state index in [9.17, 15) is 9.18 Å². The molecule has 1 saturated carbocycles. The summed E-state index contributed by atoms with van der Waals surface area (Å²) in [6.45, 7) is 7.90. The lowest BCUT2D eigenvalue weighted by molar-refractivity contribution is -0.134. The average molecular weight is 397 g/mol. The van der Waals surface area contributed by atoms with E-state index in [1.165, 1.54) is 0 Å². The van der Waals surface area contributed by atoms with Crippen LogP contribution in [0.1, 0.15) is 51.2 Å². The highest BCUT2D eigenvalue weighted by Gasteiger charge is 2.33. The van der Waals surface area contributed by atoms with Crippen molar-refractivity contribution in [2.45, 2.75) is 47.0 Å². The van der Waals surface area contributed by atoms with Crippen molar-refractivity contribution in [1.29, 1.82) is 0 Å². The first-order valence-corrected chi connectivity index (χ1v) is 10.2. The highest BCUT2D eigenvalue weighted by atomic mass is 19.1. The minimum atomic E-state index is -0.427. The summed E-state index contributed by atoms with van der Waals surface area (Å²) in [4.78, 5) is 19.0. The molecule has 1 aliphatic heterocycles. The summed E-state index contributed by atoms with van der Waals surface area (Å²) in [7, 11) is 1.95. The Kier molecular flexibility index (Phi) is 6.36. The largest absolute Gasteiger partial charge is 0.461 e. The highest BCUT2D eigenvalue weighted by Crippen LogP contribution is 2.41. The molecule has 0 amide bonds. The molecule has 154 valence electrons. The van der Waals surface area contributed by atoms with Crippen LogP contribution in [0.5, 0.6) is 0 Å². The van der Waals surface area contributed by atoms with Gasteiger partial charge >= 0.3 is 5.97 Å². The smallest absolute Gasteiger partial charge is 0.357 e. The van der Waals surface area contributed by atoms with Gasteiger partial charge in [-0.15, -0.1) is 0 Å². The molecule has 5 heteroatoms. The number of allylic oxidation sites excluding steroid dienone is 4. The third-order valence-corrected chi connectivity index (χ3v) is 5.48. The second-order valence-electron chi connectivity index (χ2n) is 7.61. The zero-order chi connectivity index (χ0) is 21.1. The van der Waals surface area contributed by atoms with E-state index in [0.29, 0.717) is 35.2 Å². The molecule has 1 aromatic rings. The molecule has 0 bridgehead atoms. The Balaban J connectivity index is 2.12. The van der Waals surface area contributed by atoms with E-state index in [4.69, 9.17) is 4.74 Å². The van der Waals surface area contributed by atoms with Gasteiger partial charge < -0.3 is 9.64 Å². The quantitative estimate of drug-likeness (QED) is 0.605. The summed E-state index contributed by atoms with van der Waals surface area (Å²) in [6, 6.07) is 5.43. The van der Waals surface area contributed by atoms with Crippen LogP contribution < -0.4 is 0 Å². The van der Waals surface area contributed by atoms with Crippen LogP contribution in [0.3, 0.4) is 0 Å². The number of carbonyl (C=O) groups is 1. The molecule has 1 heterocycles. The molecule has 2 aliphatic rings. The lowest BCUT2D eigenvalue weighted by Crippen LogP contribution is -2.27. The van der Waals surface area contributed by atoms with Crippen molar-refractivity contribution in [1.82, 2.24) is 4.90 Å². The number of ether oxygens (including phenoxy) is 1. The van der Waals surface area contributed by atoms with Crippen LogP contribution in [-0.2, 0) is 9.53 Å². The first-order chi connectivity index (χ1) is 13.9. The fourth-order valence-electron chi connectivity index (χ4n) is 3.42. The van der Waals surface area contributed by atoms with Gasteiger partial charge in [-0.2, -0.15) is 0 Å². The molecule has 0 aromatic heterocycles. The summed E-state index contributed by atoms with van der Waals surface area (Å²) >= 11 is 0. The minimum Gasteiger partial charge on any atom is -0.461 e. The normalized spacial score (nSPS) is 19.0. The lowest BCUT2D eigenvalue weighted by Gasteiger charge is -2.27. The molecule has 0 N–H and O–H groups in total. The zero-order valence-corrected chi connectivity index (χ0v) is 17.9. The van der Waals surface area contributed by atoms with Crippen molar-refractivity contribution in [3.05, 3.63) is 64.4 Å². The van der Waals surface area contributed by atoms with Crippen LogP contribution in [0.4, 0.5) is 4.39 Å². The summed E-state index contributed by atoms with van der Waals surface area (Å²) in [5, 5.41) is 0. The van der Waals surface area contributed by atoms with E-state index in [0.717, 1.165) is 36.1 Å². The van der Waals surface area contributed by atoms with Crippen LogP contribution in [0, 0.1) is 18.7 Å². The van der Waals surface area contributed by atoms with Gasteiger partial charge in [-0.25, -0.2) is 14.2 Å². The summed E-state index contributed by atoms with van der Waals surface area (Å²) in [5.74, 6) is 0.405. The molecule has 0 unspecified atom stereocenters. The van der Waals surface area contributed by atoms with Crippen LogP contribution in [0.15, 0.2) is 52.4 Å². The van der Waals surface area contributed by atoms with Crippen molar-refractivity contribution in [3.63, 3.8) is 0 Å². The fraction of sp³-hybridized carbons (Fsp3) is 0.417. The molecule has 0 radical (unpaired) electrons. The summed E-state index contributed by atoms with van der Waals surface area (Å²) in [6.07, 6.45) is 6.71. The number of esters is 1. The fourth-order valence-corrected chi connectivity index (χ4v) is 3.42. The van der Waals surface area contributed by atoms with E-state index in [-0.39, 0.29) is 5.82 Å². The number of aliphatic imine (C=N–C) groups is 1. The number of rotatable bonds is 6. The molecule has 0 spiro atoms. The first-order valence-electron chi connectivity index (χ1n) is 10.2. The topological polar surface area (TPSA) is 41.9 Å². The standard InChI is InChI=1S/C24H29FN2O2/c1-6-15(3)19(18-10-8-9-16(4)23(18)25)13-22-26-20(24(28)29-7-2)14-21(27(22)5)17-11-12-17/h8-10,13-14,17H,6-7,11-12H2,1-5H3/b19-15+,22-13-.